The zero-order valence-electron chi connectivity index (χ0n) is 17.2. The van der Waals surface area contributed by atoms with Crippen molar-refractivity contribution < 1.29 is 14.7 Å². The highest BCUT2D eigenvalue weighted by Gasteiger charge is 2.21. The third-order valence-electron chi connectivity index (χ3n) is 5.06. The first-order valence-electron chi connectivity index (χ1n) is 10.1. The van der Waals surface area contributed by atoms with E-state index in [0.717, 1.165) is 15.4 Å². The molecule has 0 bridgehead atoms. The molecule has 1 aromatic heterocycles. The summed E-state index contributed by atoms with van der Waals surface area (Å²) >= 11 is 9.27. The maximum atomic E-state index is 12.2. The molecule has 1 saturated heterocycles. The van der Waals surface area contributed by atoms with Gasteiger partial charge in [-0.2, -0.15) is 0 Å². The third-order valence-corrected chi connectivity index (χ3v) is 5.82. The van der Waals surface area contributed by atoms with Crippen LogP contribution in [0.15, 0.2) is 53.0 Å². The van der Waals surface area contributed by atoms with Crippen molar-refractivity contribution in [3.63, 3.8) is 0 Å². The fourth-order valence-corrected chi connectivity index (χ4v) is 3.68. The van der Waals surface area contributed by atoms with E-state index in [-0.39, 0.29) is 24.5 Å². The molecule has 2 aromatic carbocycles. The number of hydrogen-bond acceptors (Lipinski definition) is 3. The molecule has 2 amide bonds. The number of benzene rings is 2. The van der Waals surface area contributed by atoms with E-state index in [9.17, 15) is 14.7 Å². The zero-order valence-corrected chi connectivity index (χ0v) is 19.5. The number of nitrogens with one attached hydrogen (secondary N) is 2. The Morgan fingerprint density at radius 3 is 2.48 bits per heavy atom. The Balaban J connectivity index is 0.000000287. The highest BCUT2D eigenvalue weighted by atomic mass is 79.9. The van der Waals surface area contributed by atoms with Gasteiger partial charge in [0.05, 0.1) is 12.6 Å². The van der Waals surface area contributed by atoms with E-state index in [1.165, 1.54) is 5.56 Å². The molecular formula is C23H25BrClN3O3. The summed E-state index contributed by atoms with van der Waals surface area (Å²) in [4.78, 5) is 28.9. The second-order valence-corrected chi connectivity index (χ2v) is 8.86. The Morgan fingerprint density at radius 1 is 1.16 bits per heavy atom. The second-order valence-electron chi connectivity index (χ2n) is 7.50. The van der Waals surface area contributed by atoms with Crippen LogP contribution in [0.5, 0.6) is 0 Å². The first-order valence-corrected chi connectivity index (χ1v) is 11.2. The standard InChI is InChI=1S/C16H18ClN3O3.C7H7Br/c17-11-1-2-13-10(7-11)8-14(19-13)16(23)18-9-15(22)20-5-3-12(21)4-6-20;1-6-2-4-7(8)5-3-6/h1-2,7-8,12,19,21H,3-6,9H2,(H,18,23);2-5H,1H3. The van der Waals surface area contributed by atoms with Gasteiger partial charge >= 0.3 is 0 Å². The molecule has 8 heteroatoms. The SMILES string of the molecule is Cc1ccc(Br)cc1.O=C(NCC(=O)N1CCC(O)CC1)c1cc2cc(Cl)ccc2[nH]1. The number of fused-ring (bicyclic) bond motifs is 1. The summed E-state index contributed by atoms with van der Waals surface area (Å²) in [5.41, 5.74) is 2.51. The topological polar surface area (TPSA) is 85.4 Å². The van der Waals surface area contributed by atoms with Gasteiger partial charge in [-0.05, 0) is 56.2 Å². The summed E-state index contributed by atoms with van der Waals surface area (Å²) in [6.07, 6.45) is 0.845. The largest absolute Gasteiger partial charge is 0.393 e. The van der Waals surface area contributed by atoms with Crippen molar-refractivity contribution in [2.24, 2.45) is 0 Å². The van der Waals surface area contributed by atoms with Crippen molar-refractivity contribution in [2.75, 3.05) is 19.6 Å². The number of carbonyl (C=O) groups excluding carboxylic acids is 2. The van der Waals surface area contributed by atoms with E-state index < -0.39 is 0 Å². The molecule has 2 heterocycles. The second kappa shape index (κ2) is 10.8. The molecule has 0 radical (unpaired) electrons. The maximum absolute atomic E-state index is 12.2. The van der Waals surface area contributed by atoms with Crippen molar-refractivity contribution in [3.05, 3.63) is 69.3 Å². The fraction of sp³-hybridized carbons (Fsp3) is 0.304. The Kier molecular flexibility index (Phi) is 8.12. The lowest BCUT2D eigenvalue weighted by Gasteiger charge is -2.29. The summed E-state index contributed by atoms with van der Waals surface area (Å²) < 4.78 is 1.14. The molecule has 3 N–H and O–H groups in total. The fourth-order valence-electron chi connectivity index (χ4n) is 3.24. The first kappa shape index (κ1) is 23.3. The number of amides is 2. The van der Waals surface area contributed by atoms with E-state index >= 15 is 0 Å². The maximum Gasteiger partial charge on any atom is 0.268 e. The Bertz CT molecular complexity index is 1020. The zero-order chi connectivity index (χ0) is 22.4. The number of aromatic nitrogens is 1. The monoisotopic (exact) mass is 505 g/mol. The van der Waals surface area contributed by atoms with Gasteiger partial charge < -0.3 is 20.3 Å². The van der Waals surface area contributed by atoms with Crippen LogP contribution < -0.4 is 5.32 Å². The first-order chi connectivity index (χ1) is 14.8. The molecule has 0 atom stereocenters. The van der Waals surface area contributed by atoms with Crippen LogP contribution in [-0.4, -0.2) is 52.5 Å². The van der Waals surface area contributed by atoms with Gasteiger partial charge in [0.25, 0.3) is 5.91 Å². The van der Waals surface area contributed by atoms with Gasteiger partial charge in [-0.15, -0.1) is 0 Å². The van der Waals surface area contributed by atoms with E-state index in [2.05, 4.69) is 45.3 Å². The molecule has 1 aliphatic heterocycles. The number of rotatable bonds is 3. The lowest BCUT2D eigenvalue weighted by atomic mass is 10.1. The number of carbonyl (C=O) groups is 2. The number of halogens is 2. The Hall–Kier alpha value is -2.35. The molecule has 31 heavy (non-hydrogen) atoms. The molecule has 164 valence electrons. The number of aryl methyl sites for hydroxylation is 1. The van der Waals surface area contributed by atoms with Crippen molar-refractivity contribution in [1.29, 1.82) is 0 Å². The van der Waals surface area contributed by atoms with E-state index in [1.54, 1.807) is 29.2 Å². The molecule has 3 aromatic rings. The van der Waals surface area contributed by atoms with Gasteiger partial charge in [0.2, 0.25) is 5.91 Å². The average Bonchev–Trinajstić information content (AvgIpc) is 3.18. The normalized spacial score (nSPS) is 14.1. The van der Waals surface area contributed by atoms with Gasteiger partial charge in [0.1, 0.15) is 5.69 Å². The van der Waals surface area contributed by atoms with Crippen LogP contribution >= 0.6 is 27.5 Å². The molecule has 4 rings (SSSR count). The molecular weight excluding hydrogens is 482 g/mol. The van der Waals surface area contributed by atoms with E-state index in [0.29, 0.717) is 36.6 Å². The molecule has 1 aliphatic rings. The Morgan fingerprint density at radius 2 is 1.84 bits per heavy atom. The molecule has 0 unspecified atom stereocenters. The summed E-state index contributed by atoms with van der Waals surface area (Å²) in [6, 6.07) is 15.3. The number of aliphatic hydroxyl groups excluding tert-OH is 1. The van der Waals surface area contributed by atoms with Crippen molar-refractivity contribution in [3.8, 4) is 0 Å². The van der Waals surface area contributed by atoms with Gasteiger partial charge in [0, 0.05) is 33.5 Å². The predicted molar refractivity (Wildman–Crippen MR) is 126 cm³/mol. The summed E-state index contributed by atoms with van der Waals surface area (Å²) in [7, 11) is 0. The number of aromatic amines is 1. The number of aliphatic hydroxyl groups is 1. The van der Waals surface area contributed by atoms with Crippen LogP contribution in [0.1, 0.15) is 28.9 Å². The minimum absolute atomic E-state index is 0.0505. The number of likely N-dealkylation sites (tertiary alicyclic amines) is 1. The van der Waals surface area contributed by atoms with Gasteiger partial charge in [-0.3, -0.25) is 9.59 Å². The molecule has 6 nitrogen and oxygen atoms in total. The summed E-state index contributed by atoms with van der Waals surface area (Å²) in [5, 5.41) is 13.5. The highest BCUT2D eigenvalue weighted by Crippen LogP contribution is 2.20. The molecule has 0 saturated carbocycles. The number of piperidine rings is 1. The Labute approximate surface area is 194 Å². The summed E-state index contributed by atoms with van der Waals surface area (Å²) in [6.45, 7) is 3.08. The van der Waals surface area contributed by atoms with Crippen LogP contribution in [-0.2, 0) is 4.79 Å². The smallest absolute Gasteiger partial charge is 0.268 e. The highest BCUT2D eigenvalue weighted by molar-refractivity contribution is 9.10. The van der Waals surface area contributed by atoms with Gasteiger partial charge in [-0.1, -0.05) is 45.2 Å². The third kappa shape index (κ3) is 6.82. The van der Waals surface area contributed by atoms with Crippen LogP contribution in [0.3, 0.4) is 0 Å². The molecule has 0 aliphatic carbocycles. The minimum atomic E-state index is -0.331. The van der Waals surface area contributed by atoms with E-state index in [4.69, 9.17) is 11.6 Å². The number of nitrogens with zero attached hydrogens (tertiary/aromatic N) is 1. The van der Waals surface area contributed by atoms with E-state index in [1.807, 2.05) is 12.1 Å². The predicted octanol–water partition coefficient (Wildman–Crippen LogP) is 4.29. The van der Waals surface area contributed by atoms with Crippen LogP contribution in [0, 0.1) is 6.92 Å². The molecule has 1 fully saturated rings. The number of H-pyrrole nitrogens is 1. The molecule has 0 spiro atoms. The van der Waals surface area contributed by atoms with Crippen molar-refractivity contribution in [1.82, 2.24) is 15.2 Å². The van der Waals surface area contributed by atoms with Crippen molar-refractivity contribution >= 4 is 50.2 Å². The van der Waals surface area contributed by atoms with Gasteiger partial charge in [0.15, 0.2) is 0 Å². The minimum Gasteiger partial charge on any atom is -0.393 e. The summed E-state index contributed by atoms with van der Waals surface area (Å²) in [5.74, 6) is -0.466. The van der Waals surface area contributed by atoms with Crippen LogP contribution in [0.25, 0.3) is 10.9 Å². The average molecular weight is 507 g/mol. The lowest BCUT2D eigenvalue weighted by Crippen LogP contribution is -2.45. The van der Waals surface area contributed by atoms with Crippen LogP contribution in [0.4, 0.5) is 0 Å². The van der Waals surface area contributed by atoms with Gasteiger partial charge in [-0.25, -0.2) is 0 Å². The van der Waals surface area contributed by atoms with Crippen LogP contribution in [0.2, 0.25) is 5.02 Å². The number of hydrogen-bond donors (Lipinski definition) is 3. The quantitative estimate of drug-likeness (QED) is 0.495. The van der Waals surface area contributed by atoms with Crippen molar-refractivity contribution in [2.45, 2.75) is 25.9 Å². The lowest BCUT2D eigenvalue weighted by molar-refractivity contribution is -0.132.